The Morgan fingerprint density at radius 2 is 1.87 bits per heavy atom. The molecule has 1 aromatic carbocycles. The maximum absolute atomic E-state index is 12.8. The van der Waals surface area contributed by atoms with Crippen molar-refractivity contribution >= 4 is 40.1 Å². The molecule has 3 aromatic heterocycles. The van der Waals surface area contributed by atoms with Crippen molar-refractivity contribution < 1.29 is 4.74 Å². The fraction of sp³-hybridized carbons (Fsp3) is 0.143. The first-order valence-corrected chi connectivity index (χ1v) is 9.73. The summed E-state index contributed by atoms with van der Waals surface area (Å²) in [5.41, 5.74) is 1.55. The Labute approximate surface area is 182 Å². The summed E-state index contributed by atoms with van der Waals surface area (Å²) in [6.07, 6.45) is 3.08. The lowest BCUT2D eigenvalue weighted by Gasteiger charge is -2.15. The van der Waals surface area contributed by atoms with Crippen molar-refractivity contribution in [3.05, 3.63) is 69.3 Å². The second-order valence-corrected chi connectivity index (χ2v) is 7.53. The molecule has 0 saturated heterocycles. The van der Waals surface area contributed by atoms with Crippen molar-refractivity contribution in [1.29, 1.82) is 0 Å². The summed E-state index contributed by atoms with van der Waals surface area (Å²) in [5.74, 6) is 1.56. The van der Waals surface area contributed by atoms with Crippen LogP contribution in [0.5, 0.6) is 11.5 Å². The van der Waals surface area contributed by atoms with Gasteiger partial charge in [-0.05, 0) is 24.3 Å². The molecule has 0 aliphatic heterocycles. The molecule has 0 saturated carbocycles. The topological polar surface area (TPSA) is 73.1 Å². The lowest BCUT2D eigenvalue weighted by atomic mass is 10.1. The van der Waals surface area contributed by atoms with Crippen molar-refractivity contribution in [2.24, 2.45) is 7.05 Å². The van der Waals surface area contributed by atoms with Gasteiger partial charge in [-0.15, -0.1) is 0 Å². The summed E-state index contributed by atoms with van der Waals surface area (Å²) in [6, 6.07) is 10.7. The van der Waals surface area contributed by atoms with Crippen LogP contribution in [0.2, 0.25) is 10.2 Å². The highest BCUT2D eigenvalue weighted by Crippen LogP contribution is 2.34. The summed E-state index contributed by atoms with van der Waals surface area (Å²) in [7, 11) is 5.36. The van der Waals surface area contributed by atoms with E-state index in [2.05, 4.69) is 15.0 Å². The zero-order chi connectivity index (χ0) is 21.4. The summed E-state index contributed by atoms with van der Waals surface area (Å²) in [5, 5.41) is 1.27. The van der Waals surface area contributed by atoms with Gasteiger partial charge in [0.05, 0.1) is 16.8 Å². The van der Waals surface area contributed by atoms with Gasteiger partial charge in [0, 0.05) is 45.0 Å². The van der Waals surface area contributed by atoms with Gasteiger partial charge in [0.1, 0.15) is 10.8 Å². The third-order valence-electron chi connectivity index (χ3n) is 4.52. The standard InChI is InChI=1S/C21H17Cl2N5O2/c1-27(2)21-25-11-14(20(29)28(21)3)16-6-4-12-10-13(5-7-15(12)26-16)30-17-8-9-24-19(23)18(17)22/h4-11H,1-3H3. The van der Waals surface area contributed by atoms with Crippen molar-refractivity contribution in [3.63, 3.8) is 0 Å². The second kappa shape index (κ2) is 7.93. The number of hydrogen-bond donors (Lipinski definition) is 0. The molecule has 7 nitrogen and oxygen atoms in total. The Morgan fingerprint density at radius 1 is 1.07 bits per heavy atom. The van der Waals surface area contributed by atoms with Gasteiger partial charge in [0.25, 0.3) is 5.56 Å². The predicted octanol–water partition coefficient (Wildman–Crippen LogP) is 4.56. The smallest absolute Gasteiger partial charge is 0.264 e. The fourth-order valence-electron chi connectivity index (χ4n) is 3.05. The number of fused-ring (bicyclic) bond motifs is 1. The minimum atomic E-state index is -0.162. The van der Waals surface area contributed by atoms with E-state index in [4.69, 9.17) is 27.9 Å². The molecule has 3 heterocycles. The van der Waals surface area contributed by atoms with E-state index in [9.17, 15) is 4.79 Å². The number of anilines is 1. The zero-order valence-electron chi connectivity index (χ0n) is 16.4. The molecule has 4 rings (SSSR count). The first-order valence-electron chi connectivity index (χ1n) is 8.97. The number of aromatic nitrogens is 4. The number of nitrogens with zero attached hydrogens (tertiary/aromatic N) is 5. The maximum atomic E-state index is 12.8. The Balaban J connectivity index is 1.70. The lowest BCUT2D eigenvalue weighted by Crippen LogP contribution is -2.27. The minimum absolute atomic E-state index is 0.162. The Hall–Kier alpha value is -3.16. The maximum Gasteiger partial charge on any atom is 0.264 e. The molecule has 0 atom stereocenters. The molecule has 152 valence electrons. The van der Waals surface area contributed by atoms with Crippen LogP contribution in [0, 0.1) is 0 Å². The molecule has 0 bridgehead atoms. The van der Waals surface area contributed by atoms with E-state index in [-0.39, 0.29) is 15.7 Å². The molecule has 0 aliphatic carbocycles. The van der Waals surface area contributed by atoms with Crippen LogP contribution in [0.15, 0.2) is 53.6 Å². The lowest BCUT2D eigenvalue weighted by molar-refractivity contribution is 0.483. The molecule has 0 fully saturated rings. The molecule has 0 radical (unpaired) electrons. The van der Waals surface area contributed by atoms with Crippen LogP contribution in [-0.2, 0) is 7.05 Å². The molecule has 4 aromatic rings. The SMILES string of the molecule is CN(C)c1ncc(-c2ccc3cc(Oc4ccnc(Cl)c4Cl)ccc3n2)c(=O)n1C. The van der Waals surface area contributed by atoms with Gasteiger partial charge >= 0.3 is 0 Å². The van der Waals surface area contributed by atoms with Crippen LogP contribution in [0.3, 0.4) is 0 Å². The normalized spacial score (nSPS) is 11.0. The minimum Gasteiger partial charge on any atom is -0.456 e. The zero-order valence-corrected chi connectivity index (χ0v) is 17.9. The van der Waals surface area contributed by atoms with Gasteiger partial charge in [0.15, 0.2) is 10.9 Å². The van der Waals surface area contributed by atoms with Crippen LogP contribution < -0.4 is 15.2 Å². The molecular formula is C21H17Cl2N5O2. The average molecular weight is 442 g/mol. The summed E-state index contributed by atoms with van der Waals surface area (Å²) < 4.78 is 7.33. The van der Waals surface area contributed by atoms with Crippen LogP contribution in [-0.4, -0.2) is 33.6 Å². The van der Waals surface area contributed by atoms with Gasteiger partial charge in [-0.1, -0.05) is 29.3 Å². The van der Waals surface area contributed by atoms with E-state index in [1.165, 1.54) is 10.8 Å². The predicted molar refractivity (Wildman–Crippen MR) is 119 cm³/mol. The van der Waals surface area contributed by atoms with Crippen molar-refractivity contribution in [2.45, 2.75) is 0 Å². The van der Waals surface area contributed by atoms with Gasteiger partial charge in [0.2, 0.25) is 5.95 Å². The van der Waals surface area contributed by atoms with E-state index in [1.807, 2.05) is 32.3 Å². The third-order valence-corrected chi connectivity index (χ3v) is 5.27. The molecule has 0 amide bonds. The monoisotopic (exact) mass is 441 g/mol. The van der Waals surface area contributed by atoms with Crippen molar-refractivity contribution in [2.75, 3.05) is 19.0 Å². The van der Waals surface area contributed by atoms with Gasteiger partial charge in [-0.25, -0.2) is 15.0 Å². The molecule has 0 unspecified atom stereocenters. The average Bonchev–Trinajstić information content (AvgIpc) is 2.73. The molecule has 0 spiro atoms. The fourth-order valence-corrected chi connectivity index (χ4v) is 3.35. The Morgan fingerprint density at radius 3 is 2.63 bits per heavy atom. The number of benzene rings is 1. The third kappa shape index (κ3) is 3.69. The quantitative estimate of drug-likeness (QED) is 0.432. The van der Waals surface area contributed by atoms with Gasteiger partial charge < -0.3 is 9.64 Å². The van der Waals surface area contributed by atoms with Crippen LogP contribution in [0.25, 0.3) is 22.2 Å². The van der Waals surface area contributed by atoms with Crippen LogP contribution in [0.4, 0.5) is 5.95 Å². The van der Waals surface area contributed by atoms with E-state index in [0.29, 0.717) is 28.7 Å². The number of rotatable bonds is 4. The number of hydrogen-bond acceptors (Lipinski definition) is 6. The first kappa shape index (κ1) is 20.1. The summed E-state index contributed by atoms with van der Waals surface area (Å²) in [6.45, 7) is 0. The summed E-state index contributed by atoms with van der Waals surface area (Å²) in [4.78, 5) is 27.4. The van der Waals surface area contributed by atoms with Crippen LogP contribution in [0.1, 0.15) is 0 Å². The summed E-state index contributed by atoms with van der Waals surface area (Å²) >= 11 is 12.1. The number of pyridine rings is 2. The van der Waals surface area contributed by atoms with E-state index >= 15 is 0 Å². The van der Waals surface area contributed by atoms with E-state index < -0.39 is 0 Å². The molecule has 0 N–H and O–H groups in total. The van der Waals surface area contributed by atoms with Crippen LogP contribution >= 0.6 is 23.2 Å². The highest BCUT2D eigenvalue weighted by Gasteiger charge is 2.13. The van der Waals surface area contributed by atoms with E-state index in [1.54, 1.807) is 36.3 Å². The van der Waals surface area contributed by atoms with Gasteiger partial charge in [-0.2, -0.15) is 0 Å². The van der Waals surface area contributed by atoms with E-state index in [0.717, 1.165) is 10.9 Å². The Kier molecular flexibility index (Phi) is 5.32. The number of halogens is 2. The van der Waals surface area contributed by atoms with Crippen molar-refractivity contribution in [1.82, 2.24) is 19.5 Å². The van der Waals surface area contributed by atoms with Gasteiger partial charge in [-0.3, -0.25) is 9.36 Å². The molecular weight excluding hydrogens is 425 g/mol. The molecule has 30 heavy (non-hydrogen) atoms. The largest absolute Gasteiger partial charge is 0.456 e. The second-order valence-electron chi connectivity index (χ2n) is 6.80. The Bertz CT molecular complexity index is 1320. The highest BCUT2D eigenvalue weighted by atomic mass is 35.5. The van der Waals surface area contributed by atoms with Crippen molar-refractivity contribution in [3.8, 4) is 22.8 Å². The number of ether oxygens (including phenoxy) is 1. The first-order chi connectivity index (χ1) is 14.3. The molecule has 0 aliphatic rings. The highest BCUT2D eigenvalue weighted by molar-refractivity contribution is 6.42. The molecule has 9 heteroatoms.